The van der Waals surface area contributed by atoms with E-state index >= 15 is 0 Å². The van der Waals surface area contributed by atoms with E-state index in [2.05, 4.69) is 10.6 Å². The summed E-state index contributed by atoms with van der Waals surface area (Å²) in [6.45, 7) is 8.02. The van der Waals surface area contributed by atoms with Gasteiger partial charge in [0.25, 0.3) is 11.8 Å². The second-order valence-electron chi connectivity index (χ2n) is 9.31. The molecule has 0 aliphatic carbocycles. The summed E-state index contributed by atoms with van der Waals surface area (Å²) in [5.74, 6) is -0.848. The zero-order valence-corrected chi connectivity index (χ0v) is 19.6. The monoisotopic (exact) mass is 462 g/mol. The molecule has 0 radical (unpaired) electrons. The largest absolute Gasteiger partial charge is 0.492 e. The van der Waals surface area contributed by atoms with Crippen LogP contribution >= 0.6 is 0 Å². The second kappa shape index (κ2) is 9.08. The SMILES string of the molecule is CC1(C)OB(C(=Cc2ccc3c(c2)C(=O)NC3=O)CNC(=O)OCc2ccccc2)OC1(C)C. The standard InChI is InChI=1S/C25H27BN2O6/c1-24(2)25(3,4)34-26(33-24)18(14-27-23(31)32-15-16-8-6-5-7-9-16)12-17-10-11-19-20(13-17)22(30)28-21(19)29/h5-13H,14-15H2,1-4H3,(H,27,31)(H,28,29,30). The Morgan fingerprint density at radius 2 is 1.65 bits per heavy atom. The fraction of sp³-hybridized carbons (Fsp3) is 0.320. The molecule has 3 amide bonds. The van der Waals surface area contributed by atoms with Gasteiger partial charge in [-0.25, -0.2) is 4.79 Å². The summed E-state index contributed by atoms with van der Waals surface area (Å²) in [4.78, 5) is 36.3. The average molecular weight is 462 g/mol. The molecule has 0 bridgehead atoms. The van der Waals surface area contributed by atoms with E-state index in [-0.39, 0.29) is 13.2 Å². The summed E-state index contributed by atoms with van der Waals surface area (Å²) < 4.78 is 17.7. The lowest BCUT2D eigenvalue weighted by Crippen LogP contribution is -2.41. The van der Waals surface area contributed by atoms with Crippen LogP contribution < -0.4 is 10.6 Å². The van der Waals surface area contributed by atoms with Crippen LogP contribution in [0.2, 0.25) is 0 Å². The Balaban J connectivity index is 1.53. The maximum absolute atomic E-state index is 12.3. The number of benzene rings is 2. The number of carbonyl (C=O) groups excluding carboxylic acids is 3. The molecule has 176 valence electrons. The van der Waals surface area contributed by atoms with Crippen LogP contribution in [0.4, 0.5) is 4.79 Å². The molecular weight excluding hydrogens is 435 g/mol. The normalized spacial score (nSPS) is 18.5. The van der Waals surface area contributed by atoms with Gasteiger partial charge in [0.2, 0.25) is 0 Å². The third-order valence-corrected chi connectivity index (χ3v) is 6.32. The van der Waals surface area contributed by atoms with Gasteiger partial charge in [-0.15, -0.1) is 0 Å². The van der Waals surface area contributed by atoms with E-state index in [0.29, 0.717) is 22.2 Å². The van der Waals surface area contributed by atoms with Gasteiger partial charge in [-0.2, -0.15) is 0 Å². The molecule has 2 N–H and O–H groups in total. The smallest absolute Gasteiger partial charge is 0.445 e. The van der Waals surface area contributed by atoms with E-state index in [9.17, 15) is 14.4 Å². The highest BCUT2D eigenvalue weighted by Gasteiger charge is 2.52. The number of fused-ring (bicyclic) bond motifs is 1. The summed E-state index contributed by atoms with van der Waals surface area (Å²) >= 11 is 0. The van der Waals surface area contributed by atoms with Gasteiger partial charge in [-0.3, -0.25) is 14.9 Å². The minimum atomic E-state index is -0.719. The van der Waals surface area contributed by atoms with Gasteiger partial charge in [0.05, 0.1) is 22.3 Å². The molecule has 2 aliphatic rings. The lowest BCUT2D eigenvalue weighted by Gasteiger charge is -2.32. The number of hydrogen-bond acceptors (Lipinski definition) is 6. The molecule has 1 fully saturated rings. The maximum Gasteiger partial charge on any atom is 0.492 e. The average Bonchev–Trinajstić information content (AvgIpc) is 3.19. The molecule has 0 atom stereocenters. The Morgan fingerprint density at radius 3 is 2.32 bits per heavy atom. The number of rotatable bonds is 6. The van der Waals surface area contributed by atoms with Crippen molar-refractivity contribution < 1.29 is 28.4 Å². The molecule has 0 unspecified atom stereocenters. The molecule has 4 rings (SSSR count). The van der Waals surface area contributed by atoms with Crippen LogP contribution in [0.15, 0.2) is 54.0 Å². The molecule has 2 aromatic carbocycles. The number of carbonyl (C=O) groups is 3. The third kappa shape index (κ3) is 4.90. The van der Waals surface area contributed by atoms with Crippen molar-refractivity contribution in [2.24, 2.45) is 0 Å². The zero-order chi connectivity index (χ0) is 24.5. The molecule has 0 aromatic heterocycles. The highest BCUT2D eigenvalue weighted by molar-refractivity contribution is 6.56. The van der Waals surface area contributed by atoms with E-state index in [1.54, 1.807) is 24.3 Å². The Bertz CT molecular complexity index is 1140. The number of hydrogen-bond donors (Lipinski definition) is 2. The summed E-state index contributed by atoms with van der Waals surface area (Å²) in [5, 5.41) is 5.04. The van der Waals surface area contributed by atoms with E-state index in [1.807, 2.05) is 58.0 Å². The second-order valence-corrected chi connectivity index (χ2v) is 9.31. The van der Waals surface area contributed by atoms with E-state index in [1.165, 1.54) is 0 Å². The van der Waals surface area contributed by atoms with Crippen LogP contribution in [-0.4, -0.2) is 42.8 Å². The van der Waals surface area contributed by atoms with Crippen molar-refractivity contribution in [2.45, 2.75) is 45.5 Å². The van der Waals surface area contributed by atoms with Crippen molar-refractivity contribution >= 4 is 31.1 Å². The first kappa shape index (κ1) is 23.7. The predicted octanol–water partition coefficient (Wildman–Crippen LogP) is 3.51. The number of alkyl carbamates (subject to hydrolysis) is 1. The Kier molecular flexibility index (Phi) is 6.33. The minimum absolute atomic E-state index is 0.104. The van der Waals surface area contributed by atoms with Crippen LogP contribution in [0.1, 0.15) is 59.5 Å². The molecule has 9 heteroatoms. The van der Waals surface area contributed by atoms with Crippen LogP contribution in [-0.2, 0) is 20.7 Å². The first-order valence-electron chi connectivity index (χ1n) is 11.1. The summed E-state index contributed by atoms with van der Waals surface area (Å²) in [6.07, 6.45) is 1.21. The van der Waals surface area contributed by atoms with Crippen LogP contribution in [0.25, 0.3) is 6.08 Å². The van der Waals surface area contributed by atoms with Gasteiger partial charge in [0.15, 0.2) is 0 Å². The van der Waals surface area contributed by atoms with Crippen molar-refractivity contribution in [3.8, 4) is 0 Å². The third-order valence-electron chi connectivity index (χ3n) is 6.32. The molecule has 2 heterocycles. The number of imide groups is 1. The summed E-state index contributed by atoms with van der Waals surface area (Å²) in [6, 6.07) is 14.4. The Hall–Kier alpha value is -3.43. The fourth-order valence-electron chi connectivity index (χ4n) is 3.63. The van der Waals surface area contributed by atoms with Crippen molar-refractivity contribution in [2.75, 3.05) is 6.54 Å². The predicted molar refractivity (Wildman–Crippen MR) is 127 cm³/mol. The lowest BCUT2D eigenvalue weighted by atomic mass is 9.77. The number of nitrogens with one attached hydrogen (secondary N) is 2. The van der Waals surface area contributed by atoms with E-state index in [4.69, 9.17) is 14.0 Å². The van der Waals surface area contributed by atoms with Gasteiger partial charge in [-0.1, -0.05) is 42.5 Å². The first-order chi connectivity index (χ1) is 16.1. The fourth-order valence-corrected chi connectivity index (χ4v) is 3.63. The molecular formula is C25H27BN2O6. The molecule has 2 aromatic rings. The quantitative estimate of drug-likeness (QED) is 0.503. The van der Waals surface area contributed by atoms with Crippen molar-refractivity contribution in [3.05, 3.63) is 76.3 Å². The van der Waals surface area contributed by atoms with Crippen molar-refractivity contribution in [1.82, 2.24) is 10.6 Å². The minimum Gasteiger partial charge on any atom is -0.445 e. The molecule has 34 heavy (non-hydrogen) atoms. The molecule has 1 saturated heterocycles. The van der Waals surface area contributed by atoms with Gasteiger partial charge in [0, 0.05) is 6.54 Å². The van der Waals surface area contributed by atoms with E-state index < -0.39 is 36.2 Å². The highest BCUT2D eigenvalue weighted by atomic mass is 16.7. The zero-order valence-electron chi connectivity index (χ0n) is 19.6. The Labute approximate surface area is 198 Å². The van der Waals surface area contributed by atoms with Crippen molar-refractivity contribution in [1.29, 1.82) is 0 Å². The molecule has 0 spiro atoms. The van der Waals surface area contributed by atoms with Gasteiger partial charge < -0.3 is 19.4 Å². The highest BCUT2D eigenvalue weighted by Crippen LogP contribution is 2.38. The van der Waals surface area contributed by atoms with Crippen LogP contribution in [0, 0.1) is 0 Å². The lowest BCUT2D eigenvalue weighted by molar-refractivity contribution is 0.00578. The first-order valence-corrected chi connectivity index (χ1v) is 11.1. The topological polar surface area (TPSA) is 103 Å². The number of amides is 3. The van der Waals surface area contributed by atoms with Crippen molar-refractivity contribution in [3.63, 3.8) is 0 Å². The molecule has 2 aliphatic heterocycles. The van der Waals surface area contributed by atoms with Gasteiger partial charge >= 0.3 is 13.2 Å². The summed E-state index contributed by atoms with van der Waals surface area (Å²) in [5.41, 5.74) is 1.69. The Morgan fingerprint density at radius 1 is 1.00 bits per heavy atom. The maximum atomic E-state index is 12.3. The van der Waals surface area contributed by atoms with Crippen LogP contribution in [0.5, 0.6) is 0 Å². The summed E-state index contributed by atoms with van der Waals surface area (Å²) in [7, 11) is -0.719. The number of ether oxygens (including phenoxy) is 1. The van der Waals surface area contributed by atoms with E-state index in [0.717, 1.165) is 5.56 Å². The molecule has 8 nitrogen and oxygen atoms in total. The van der Waals surface area contributed by atoms with Crippen LogP contribution in [0.3, 0.4) is 0 Å². The van der Waals surface area contributed by atoms with Gasteiger partial charge in [-0.05, 0) is 56.4 Å². The van der Waals surface area contributed by atoms with Gasteiger partial charge in [0.1, 0.15) is 6.61 Å². The molecule has 0 saturated carbocycles.